The Balaban J connectivity index is 1.93. The fraction of sp³-hybridized carbons (Fsp3) is 0.692. The van der Waals surface area contributed by atoms with E-state index in [2.05, 4.69) is 23.9 Å². The summed E-state index contributed by atoms with van der Waals surface area (Å²) in [7, 11) is -1.43. The molecule has 1 heterocycles. The molecule has 1 atom stereocenters. The Labute approximate surface area is 119 Å². The molecular weight excluding hydrogens is 280 g/mol. The average molecular weight is 302 g/mol. The smallest absolute Gasteiger partial charge is 0.250 e. The number of hydrogen-bond acceptors (Lipinski definition) is 4. The van der Waals surface area contributed by atoms with E-state index in [1.54, 1.807) is 6.07 Å². The highest BCUT2D eigenvalue weighted by Crippen LogP contribution is 2.51. The zero-order valence-electron chi connectivity index (χ0n) is 11.7. The highest BCUT2D eigenvalue weighted by atomic mass is 32.2. The molecule has 1 aliphatic carbocycles. The normalized spacial score (nSPS) is 21.5. The number of thiophene rings is 1. The molecule has 108 valence electrons. The molecule has 2 N–H and O–H groups in total. The van der Waals surface area contributed by atoms with Crippen LogP contribution in [0.1, 0.15) is 25.1 Å². The maximum absolute atomic E-state index is 12.1. The monoisotopic (exact) mass is 302 g/mol. The third-order valence-corrected chi connectivity index (χ3v) is 6.82. The highest BCUT2D eigenvalue weighted by Gasteiger charge is 2.45. The fourth-order valence-electron chi connectivity index (χ4n) is 2.09. The fourth-order valence-corrected chi connectivity index (χ4v) is 4.57. The third kappa shape index (κ3) is 3.78. The molecule has 0 radical (unpaired) electrons. The number of sulfonamides is 1. The van der Waals surface area contributed by atoms with Crippen LogP contribution >= 0.6 is 11.3 Å². The van der Waals surface area contributed by atoms with Gasteiger partial charge in [0.2, 0.25) is 10.0 Å². The molecule has 2 rings (SSSR count). The molecule has 19 heavy (non-hydrogen) atoms. The highest BCUT2D eigenvalue weighted by molar-refractivity contribution is 7.91. The summed E-state index contributed by atoms with van der Waals surface area (Å²) in [5.74, 6) is 0.478. The summed E-state index contributed by atoms with van der Waals surface area (Å²) in [4.78, 5) is 1.10. The number of hydrogen-bond donors (Lipinski definition) is 2. The van der Waals surface area contributed by atoms with Gasteiger partial charge in [-0.1, -0.05) is 13.8 Å². The van der Waals surface area contributed by atoms with Crippen LogP contribution in [-0.2, 0) is 16.4 Å². The summed E-state index contributed by atoms with van der Waals surface area (Å²) in [5, 5.41) is 3.06. The molecule has 6 heteroatoms. The van der Waals surface area contributed by atoms with Gasteiger partial charge in [0.15, 0.2) is 0 Å². The Morgan fingerprint density at radius 1 is 1.42 bits per heavy atom. The first-order chi connectivity index (χ1) is 8.85. The first kappa shape index (κ1) is 15.0. The van der Waals surface area contributed by atoms with Crippen LogP contribution in [0.4, 0.5) is 0 Å². The zero-order valence-corrected chi connectivity index (χ0v) is 13.3. The van der Waals surface area contributed by atoms with Crippen molar-refractivity contribution in [3.63, 3.8) is 0 Å². The van der Waals surface area contributed by atoms with E-state index in [4.69, 9.17) is 0 Å². The van der Waals surface area contributed by atoms with Crippen molar-refractivity contribution in [3.8, 4) is 0 Å². The van der Waals surface area contributed by atoms with Crippen LogP contribution in [0.15, 0.2) is 16.3 Å². The Morgan fingerprint density at radius 3 is 2.68 bits per heavy atom. The van der Waals surface area contributed by atoms with Gasteiger partial charge in [-0.3, -0.25) is 0 Å². The predicted molar refractivity (Wildman–Crippen MR) is 79.0 cm³/mol. The Morgan fingerprint density at radius 2 is 2.11 bits per heavy atom. The van der Waals surface area contributed by atoms with E-state index in [0.29, 0.717) is 22.1 Å². The van der Waals surface area contributed by atoms with E-state index in [0.717, 1.165) is 24.3 Å². The molecule has 4 nitrogen and oxygen atoms in total. The predicted octanol–water partition coefficient (Wildman–Crippen LogP) is 1.83. The molecule has 1 aliphatic rings. The molecular formula is C13H22N2O2S2. The van der Waals surface area contributed by atoms with E-state index >= 15 is 0 Å². The van der Waals surface area contributed by atoms with Crippen molar-refractivity contribution in [1.29, 1.82) is 0 Å². The van der Waals surface area contributed by atoms with Crippen LogP contribution in [0.3, 0.4) is 0 Å². The quantitative estimate of drug-likeness (QED) is 0.808. The van der Waals surface area contributed by atoms with Gasteiger partial charge in [-0.05, 0) is 49.9 Å². The first-order valence-electron chi connectivity index (χ1n) is 6.58. The topological polar surface area (TPSA) is 58.2 Å². The van der Waals surface area contributed by atoms with Gasteiger partial charge >= 0.3 is 0 Å². The summed E-state index contributed by atoms with van der Waals surface area (Å²) < 4.78 is 27.4. The molecule has 0 spiro atoms. The maximum Gasteiger partial charge on any atom is 0.250 e. The summed E-state index contributed by atoms with van der Waals surface area (Å²) in [6.07, 6.45) is 1.97. The van der Waals surface area contributed by atoms with Crippen LogP contribution < -0.4 is 10.0 Å². The lowest BCUT2D eigenvalue weighted by Crippen LogP contribution is -2.26. The molecule has 1 saturated carbocycles. The van der Waals surface area contributed by atoms with Gasteiger partial charge in [0.25, 0.3) is 0 Å². The van der Waals surface area contributed by atoms with Crippen molar-refractivity contribution >= 4 is 21.4 Å². The molecule has 0 saturated heterocycles. The van der Waals surface area contributed by atoms with Gasteiger partial charge < -0.3 is 5.32 Å². The first-order valence-corrected chi connectivity index (χ1v) is 8.88. The van der Waals surface area contributed by atoms with E-state index in [-0.39, 0.29) is 0 Å². The van der Waals surface area contributed by atoms with Crippen LogP contribution in [0.2, 0.25) is 0 Å². The van der Waals surface area contributed by atoms with Crippen LogP contribution in [0.5, 0.6) is 0 Å². The van der Waals surface area contributed by atoms with Crippen molar-refractivity contribution in [3.05, 3.63) is 17.0 Å². The number of nitrogens with one attached hydrogen (secondary N) is 2. The Kier molecular flexibility index (Phi) is 4.35. The zero-order chi connectivity index (χ0) is 14.1. The molecule has 0 bridgehead atoms. The van der Waals surface area contributed by atoms with Crippen molar-refractivity contribution in [2.45, 2.75) is 30.9 Å². The molecule has 0 amide bonds. The van der Waals surface area contributed by atoms with Gasteiger partial charge in [-0.25, -0.2) is 13.1 Å². The molecule has 0 aliphatic heterocycles. The Hall–Kier alpha value is -0.430. The van der Waals surface area contributed by atoms with Crippen molar-refractivity contribution < 1.29 is 8.42 Å². The summed E-state index contributed by atoms with van der Waals surface area (Å²) in [5.41, 5.74) is 0.302. The van der Waals surface area contributed by atoms with Crippen molar-refractivity contribution in [1.82, 2.24) is 10.0 Å². The van der Waals surface area contributed by atoms with E-state index in [9.17, 15) is 8.42 Å². The van der Waals surface area contributed by atoms with E-state index < -0.39 is 10.0 Å². The van der Waals surface area contributed by atoms with Crippen LogP contribution in [0.25, 0.3) is 0 Å². The second kappa shape index (κ2) is 5.52. The second-order valence-corrected chi connectivity index (χ2v) is 8.98. The molecule has 1 aromatic heterocycles. The van der Waals surface area contributed by atoms with Gasteiger partial charge in [0, 0.05) is 11.4 Å². The lowest BCUT2D eigenvalue weighted by atomic mass is 10.1. The second-order valence-electron chi connectivity index (χ2n) is 5.82. The minimum absolute atomic E-state index is 0.302. The standard InChI is InChI=1S/C13H22N2O2S2/c1-13(2)8-10(13)9-15-19(16,17)12-5-4-11(18-12)6-7-14-3/h4-5,10,14-15H,6-9H2,1-3H3. The number of rotatable bonds is 7. The Bertz CT molecular complexity index is 535. The van der Waals surface area contributed by atoms with Crippen LogP contribution in [-0.4, -0.2) is 28.6 Å². The lowest BCUT2D eigenvalue weighted by Gasteiger charge is -2.06. The van der Waals surface area contributed by atoms with Crippen molar-refractivity contribution in [2.75, 3.05) is 20.1 Å². The average Bonchev–Trinajstić information content (AvgIpc) is 2.78. The SMILES string of the molecule is CNCCc1ccc(S(=O)(=O)NCC2CC2(C)C)s1. The van der Waals surface area contributed by atoms with Crippen molar-refractivity contribution in [2.24, 2.45) is 11.3 Å². The van der Waals surface area contributed by atoms with Gasteiger partial charge in [0.05, 0.1) is 0 Å². The van der Waals surface area contributed by atoms with Gasteiger partial charge in [-0.15, -0.1) is 11.3 Å². The minimum Gasteiger partial charge on any atom is -0.319 e. The van der Waals surface area contributed by atoms with E-state index in [1.807, 2.05) is 13.1 Å². The molecule has 1 fully saturated rings. The van der Waals surface area contributed by atoms with Gasteiger partial charge in [-0.2, -0.15) is 0 Å². The number of likely N-dealkylation sites (N-methyl/N-ethyl adjacent to an activating group) is 1. The molecule has 1 aromatic rings. The third-order valence-electron chi connectivity index (χ3n) is 3.76. The van der Waals surface area contributed by atoms with Gasteiger partial charge in [0.1, 0.15) is 4.21 Å². The summed E-state index contributed by atoms with van der Waals surface area (Å²) in [6, 6.07) is 3.60. The molecule has 1 unspecified atom stereocenters. The minimum atomic E-state index is -3.32. The maximum atomic E-state index is 12.1. The summed E-state index contributed by atoms with van der Waals surface area (Å²) >= 11 is 1.36. The van der Waals surface area contributed by atoms with Crippen LogP contribution in [0, 0.1) is 11.3 Å². The molecule has 0 aromatic carbocycles. The van der Waals surface area contributed by atoms with E-state index in [1.165, 1.54) is 11.3 Å². The summed E-state index contributed by atoms with van der Waals surface area (Å²) in [6.45, 7) is 5.77. The largest absolute Gasteiger partial charge is 0.319 e. The lowest BCUT2D eigenvalue weighted by molar-refractivity contribution is 0.538.